The molecular formula is C24H24F2N2O2S. The summed E-state index contributed by atoms with van der Waals surface area (Å²) in [7, 11) is -3.71. The van der Waals surface area contributed by atoms with Gasteiger partial charge in [-0.15, -0.1) is 0 Å². The maximum absolute atomic E-state index is 13.5. The van der Waals surface area contributed by atoms with Crippen molar-refractivity contribution in [1.82, 2.24) is 4.31 Å². The Morgan fingerprint density at radius 2 is 1.39 bits per heavy atom. The molecule has 0 spiro atoms. The smallest absolute Gasteiger partial charge is 0.271 e. The number of nitrogens with one attached hydrogen (secondary N) is 1. The minimum absolute atomic E-state index is 0.0227. The van der Waals surface area contributed by atoms with Crippen molar-refractivity contribution in [2.75, 3.05) is 17.8 Å². The van der Waals surface area contributed by atoms with E-state index in [0.29, 0.717) is 25.2 Å². The molecule has 31 heavy (non-hydrogen) atoms. The standard InChI is InChI=1S/C24H24F2N2O2S/c1-17-2-12-23(13-3-17)27-31(29,30)28-15-14-20(16-28)24(18-4-8-21(25)9-5-18)19-6-10-22(26)11-7-19/h2-13,20,24,27H,14-16H2,1H3. The highest BCUT2D eigenvalue weighted by molar-refractivity contribution is 7.90. The number of nitrogens with zero attached hydrogens (tertiary/aromatic N) is 1. The molecule has 1 saturated heterocycles. The van der Waals surface area contributed by atoms with Crippen LogP contribution in [0.2, 0.25) is 0 Å². The van der Waals surface area contributed by atoms with Crippen LogP contribution in [0, 0.1) is 24.5 Å². The fraction of sp³-hybridized carbons (Fsp3) is 0.250. The fourth-order valence-electron chi connectivity index (χ4n) is 4.16. The van der Waals surface area contributed by atoms with Gasteiger partial charge in [-0.1, -0.05) is 42.0 Å². The predicted octanol–water partition coefficient (Wildman–Crippen LogP) is 5.08. The zero-order valence-electron chi connectivity index (χ0n) is 17.1. The molecule has 4 rings (SSSR count). The molecule has 1 N–H and O–H groups in total. The fourth-order valence-corrected chi connectivity index (χ4v) is 5.45. The molecule has 1 aliphatic heterocycles. The van der Waals surface area contributed by atoms with E-state index in [1.165, 1.54) is 28.6 Å². The second kappa shape index (κ2) is 8.77. The van der Waals surface area contributed by atoms with Crippen LogP contribution >= 0.6 is 0 Å². The Hall–Kier alpha value is -2.77. The van der Waals surface area contributed by atoms with E-state index in [-0.39, 0.29) is 23.5 Å². The van der Waals surface area contributed by atoms with Gasteiger partial charge in [-0.05, 0) is 66.8 Å². The zero-order chi connectivity index (χ0) is 22.0. The monoisotopic (exact) mass is 442 g/mol. The number of halogens is 2. The summed E-state index contributed by atoms with van der Waals surface area (Å²) in [6, 6.07) is 19.6. The van der Waals surface area contributed by atoms with Gasteiger partial charge in [0.05, 0.1) is 0 Å². The molecule has 0 saturated carbocycles. The molecule has 3 aromatic rings. The molecule has 0 amide bonds. The first-order chi connectivity index (χ1) is 14.8. The van der Waals surface area contributed by atoms with Gasteiger partial charge in [0.15, 0.2) is 0 Å². The lowest BCUT2D eigenvalue weighted by atomic mass is 9.80. The largest absolute Gasteiger partial charge is 0.301 e. The maximum atomic E-state index is 13.5. The molecule has 1 fully saturated rings. The zero-order valence-corrected chi connectivity index (χ0v) is 17.9. The van der Waals surface area contributed by atoms with Crippen molar-refractivity contribution < 1.29 is 17.2 Å². The molecule has 7 heteroatoms. The first-order valence-electron chi connectivity index (χ1n) is 10.2. The molecule has 3 aromatic carbocycles. The SMILES string of the molecule is Cc1ccc(NS(=O)(=O)N2CCC(C(c3ccc(F)cc3)c3ccc(F)cc3)C2)cc1. The van der Waals surface area contributed by atoms with E-state index in [1.54, 1.807) is 36.4 Å². The topological polar surface area (TPSA) is 49.4 Å². The highest BCUT2D eigenvalue weighted by Crippen LogP contribution is 2.38. The lowest BCUT2D eigenvalue weighted by molar-refractivity contribution is 0.442. The van der Waals surface area contributed by atoms with Gasteiger partial charge in [0, 0.05) is 24.7 Å². The molecule has 162 valence electrons. The minimum Gasteiger partial charge on any atom is -0.271 e. The lowest BCUT2D eigenvalue weighted by Gasteiger charge is -2.25. The molecule has 1 atom stereocenters. The van der Waals surface area contributed by atoms with E-state index < -0.39 is 10.2 Å². The molecule has 1 unspecified atom stereocenters. The van der Waals surface area contributed by atoms with E-state index in [2.05, 4.69) is 4.72 Å². The third kappa shape index (κ3) is 4.94. The Balaban J connectivity index is 1.58. The minimum atomic E-state index is -3.71. The molecule has 1 heterocycles. The van der Waals surface area contributed by atoms with Gasteiger partial charge in [-0.3, -0.25) is 4.72 Å². The Bertz CT molecular complexity index is 1090. The molecular weight excluding hydrogens is 418 g/mol. The van der Waals surface area contributed by atoms with E-state index >= 15 is 0 Å². The van der Waals surface area contributed by atoms with Crippen molar-refractivity contribution in [2.24, 2.45) is 5.92 Å². The summed E-state index contributed by atoms with van der Waals surface area (Å²) in [5.74, 6) is -0.856. The number of anilines is 1. The molecule has 0 aliphatic carbocycles. The number of hydrogen-bond donors (Lipinski definition) is 1. The summed E-state index contributed by atoms with van der Waals surface area (Å²) in [4.78, 5) is 0. The van der Waals surface area contributed by atoms with E-state index in [9.17, 15) is 17.2 Å². The number of aryl methyl sites for hydroxylation is 1. The lowest BCUT2D eigenvalue weighted by Crippen LogP contribution is -2.34. The first kappa shape index (κ1) is 21.5. The van der Waals surface area contributed by atoms with Gasteiger partial charge < -0.3 is 0 Å². The van der Waals surface area contributed by atoms with Crippen molar-refractivity contribution in [1.29, 1.82) is 0 Å². The Labute approximate surface area is 181 Å². The summed E-state index contributed by atoms with van der Waals surface area (Å²) in [6.07, 6.45) is 0.647. The van der Waals surface area contributed by atoms with Gasteiger partial charge >= 0.3 is 10.2 Å². The first-order valence-corrected chi connectivity index (χ1v) is 11.6. The van der Waals surface area contributed by atoms with Crippen LogP contribution in [0.3, 0.4) is 0 Å². The van der Waals surface area contributed by atoms with E-state index in [4.69, 9.17) is 0 Å². The third-order valence-corrected chi connectivity index (χ3v) is 7.26. The van der Waals surface area contributed by atoms with Gasteiger partial charge in [0.1, 0.15) is 11.6 Å². The normalized spacial score (nSPS) is 17.2. The second-order valence-electron chi connectivity index (χ2n) is 7.96. The molecule has 4 nitrogen and oxygen atoms in total. The summed E-state index contributed by atoms with van der Waals surface area (Å²) in [6.45, 7) is 2.64. The number of hydrogen-bond acceptors (Lipinski definition) is 2. The Morgan fingerprint density at radius 3 is 1.90 bits per heavy atom. The van der Waals surface area contributed by atoms with Crippen LogP contribution in [-0.2, 0) is 10.2 Å². The summed E-state index contributed by atoms with van der Waals surface area (Å²) in [5.41, 5.74) is 3.32. The van der Waals surface area contributed by atoms with Crippen LogP contribution in [-0.4, -0.2) is 25.8 Å². The molecule has 1 aliphatic rings. The van der Waals surface area contributed by atoms with E-state index in [0.717, 1.165) is 16.7 Å². The number of rotatable bonds is 6. The summed E-state index contributed by atoms with van der Waals surface area (Å²) >= 11 is 0. The van der Waals surface area contributed by atoms with Gasteiger partial charge in [-0.2, -0.15) is 12.7 Å². The van der Waals surface area contributed by atoms with Crippen LogP contribution in [0.25, 0.3) is 0 Å². The second-order valence-corrected chi connectivity index (χ2v) is 9.63. The average Bonchev–Trinajstić information content (AvgIpc) is 3.23. The Kier molecular flexibility index (Phi) is 6.07. The maximum Gasteiger partial charge on any atom is 0.301 e. The average molecular weight is 443 g/mol. The highest BCUT2D eigenvalue weighted by atomic mass is 32.2. The highest BCUT2D eigenvalue weighted by Gasteiger charge is 2.36. The third-order valence-electron chi connectivity index (χ3n) is 5.76. The number of benzene rings is 3. The summed E-state index contributed by atoms with van der Waals surface area (Å²) < 4.78 is 56.9. The van der Waals surface area contributed by atoms with Crippen LogP contribution in [0.15, 0.2) is 72.8 Å². The quantitative estimate of drug-likeness (QED) is 0.579. The van der Waals surface area contributed by atoms with Crippen LogP contribution in [0.1, 0.15) is 29.0 Å². The Morgan fingerprint density at radius 1 is 0.871 bits per heavy atom. The van der Waals surface area contributed by atoms with Crippen molar-refractivity contribution in [3.05, 3.63) is 101 Å². The van der Waals surface area contributed by atoms with Gasteiger partial charge in [0.2, 0.25) is 0 Å². The molecule has 0 aromatic heterocycles. The van der Waals surface area contributed by atoms with Crippen molar-refractivity contribution in [3.63, 3.8) is 0 Å². The van der Waals surface area contributed by atoms with Crippen molar-refractivity contribution in [3.8, 4) is 0 Å². The van der Waals surface area contributed by atoms with Gasteiger partial charge in [-0.25, -0.2) is 8.78 Å². The van der Waals surface area contributed by atoms with Gasteiger partial charge in [0.25, 0.3) is 0 Å². The molecule has 0 bridgehead atoms. The van der Waals surface area contributed by atoms with Crippen LogP contribution in [0.5, 0.6) is 0 Å². The summed E-state index contributed by atoms with van der Waals surface area (Å²) in [5, 5.41) is 0. The molecule has 0 radical (unpaired) electrons. The van der Waals surface area contributed by atoms with Crippen molar-refractivity contribution in [2.45, 2.75) is 19.3 Å². The van der Waals surface area contributed by atoms with Crippen molar-refractivity contribution >= 4 is 15.9 Å². The van der Waals surface area contributed by atoms with Crippen LogP contribution in [0.4, 0.5) is 14.5 Å². The van der Waals surface area contributed by atoms with Crippen LogP contribution < -0.4 is 4.72 Å². The van der Waals surface area contributed by atoms with E-state index in [1.807, 2.05) is 19.1 Å². The predicted molar refractivity (Wildman–Crippen MR) is 118 cm³/mol.